The van der Waals surface area contributed by atoms with Crippen molar-refractivity contribution in [3.05, 3.63) is 42.1 Å². The van der Waals surface area contributed by atoms with Crippen molar-refractivity contribution >= 4 is 5.65 Å². The van der Waals surface area contributed by atoms with E-state index in [4.69, 9.17) is 0 Å². The van der Waals surface area contributed by atoms with E-state index in [1.54, 1.807) is 13.2 Å². The van der Waals surface area contributed by atoms with Crippen LogP contribution in [0, 0.1) is 0 Å². The number of aliphatic hydroxyl groups is 1. The predicted octanol–water partition coefficient (Wildman–Crippen LogP) is 0.134. The molecule has 1 unspecified atom stereocenters. The Labute approximate surface area is 103 Å². The highest BCUT2D eigenvalue weighted by Crippen LogP contribution is 2.16. The summed E-state index contributed by atoms with van der Waals surface area (Å²) < 4.78 is 1.86. The molecule has 92 valence electrons. The van der Waals surface area contributed by atoms with Crippen molar-refractivity contribution in [1.82, 2.24) is 29.6 Å². The van der Waals surface area contributed by atoms with Gasteiger partial charge in [0, 0.05) is 18.8 Å². The Balaban J connectivity index is 1.85. The standard InChI is InChI=1S/C11H12N6O/c1-16-14-10(13-15-16)6-9(18)8-7-17-5-3-2-4-11(17)12-8/h2-5,7,9,18H,6H2,1H3. The number of hydrogen-bond acceptors (Lipinski definition) is 5. The summed E-state index contributed by atoms with van der Waals surface area (Å²) in [5.41, 5.74) is 1.41. The van der Waals surface area contributed by atoms with Crippen molar-refractivity contribution in [2.24, 2.45) is 7.05 Å². The Kier molecular flexibility index (Phi) is 2.52. The first kappa shape index (κ1) is 10.8. The molecule has 3 aromatic rings. The van der Waals surface area contributed by atoms with E-state index >= 15 is 0 Å². The molecule has 18 heavy (non-hydrogen) atoms. The van der Waals surface area contributed by atoms with Gasteiger partial charge in [-0.25, -0.2) is 4.98 Å². The monoisotopic (exact) mass is 244 g/mol. The average Bonchev–Trinajstić information content (AvgIpc) is 2.95. The molecule has 0 radical (unpaired) electrons. The third-order valence-electron chi connectivity index (χ3n) is 2.65. The Morgan fingerprint density at radius 2 is 2.28 bits per heavy atom. The lowest BCUT2D eigenvalue weighted by atomic mass is 10.2. The van der Waals surface area contributed by atoms with Crippen molar-refractivity contribution in [1.29, 1.82) is 0 Å². The summed E-state index contributed by atoms with van der Waals surface area (Å²) in [5, 5.41) is 21.7. The second-order valence-electron chi connectivity index (χ2n) is 4.05. The minimum absolute atomic E-state index is 0.303. The second kappa shape index (κ2) is 4.19. The van der Waals surface area contributed by atoms with Crippen LogP contribution in [0.5, 0.6) is 0 Å². The topological polar surface area (TPSA) is 81.1 Å². The third kappa shape index (κ3) is 1.95. The average molecular weight is 244 g/mol. The fraction of sp³-hybridized carbons (Fsp3) is 0.273. The summed E-state index contributed by atoms with van der Waals surface area (Å²) in [7, 11) is 1.69. The molecule has 1 atom stereocenters. The smallest absolute Gasteiger partial charge is 0.177 e. The second-order valence-corrected chi connectivity index (χ2v) is 4.05. The number of fused-ring (bicyclic) bond motifs is 1. The fourth-order valence-corrected chi connectivity index (χ4v) is 1.80. The van der Waals surface area contributed by atoms with Crippen LogP contribution in [0.25, 0.3) is 5.65 Å². The van der Waals surface area contributed by atoms with Crippen molar-refractivity contribution in [3.63, 3.8) is 0 Å². The lowest BCUT2D eigenvalue weighted by Gasteiger charge is -2.02. The van der Waals surface area contributed by atoms with Crippen LogP contribution in [0.4, 0.5) is 0 Å². The van der Waals surface area contributed by atoms with Crippen LogP contribution in [-0.4, -0.2) is 34.7 Å². The number of aromatic nitrogens is 6. The SMILES string of the molecule is Cn1nnc(CC(O)c2cn3ccccc3n2)n1. The first-order valence-corrected chi connectivity index (χ1v) is 5.57. The van der Waals surface area contributed by atoms with Gasteiger partial charge in [0.25, 0.3) is 0 Å². The predicted molar refractivity (Wildman–Crippen MR) is 62.7 cm³/mol. The molecule has 7 nitrogen and oxygen atoms in total. The summed E-state index contributed by atoms with van der Waals surface area (Å²) >= 11 is 0. The summed E-state index contributed by atoms with van der Waals surface area (Å²) in [5.74, 6) is 0.502. The van der Waals surface area contributed by atoms with E-state index in [1.807, 2.05) is 28.8 Å². The van der Waals surface area contributed by atoms with Gasteiger partial charge in [-0.1, -0.05) is 6.07 Å². The van der Waals surface area contributed by atoms with E-state index in [0.29, 0.717) is 17.9 Å². The summed E-state index contributed by atoms with van der Waals surface area (Å²) in [6.07, 6.45) is 3.27. The molecule has 0 amide bonds. The number of hydrogen-bond donors (Lipinski definition) is 1. The Morgan fingerprint density at radius 3 is 3.00 bits per heavy atom. The Hall–Kier alpha value is -2.28. The maximum absolute atomic E-state index is 10.1. The first-order valence-electron chi connectivity index (χ1n) is 5.57. The van der Waals surface area contributed by atoms with E-state index in [2.05, 4.69) is 20.4 Å². The summed E-state index contributed by atoms with van der Waals surface area (Å²) in [4.78, 5) is 5.71. The zero-order valence-corrected chi connectivity index (χ0v) is 9.80. The Morgan fingerprint density at radius 1 is 1.39 bits per heavy atom. The largest absolute Gasteiger partial charge is 0.386 e. The van der Waals surface area contributed by atoms with Gasteiger partial charge in [-0.15, -0.1) is 10.2 Å². The highest BCUT2D eigenvalue weighted by Gasteiger charge is 2.15. The van der Waals surface area contributed by atoms with Crippen molar-refractivity contribution in [2.75, 3.05) is 0 Å². The molecule has 0 fully saturated rings. The molecular formula is C11H12N6O. The van der Waals surface area contributed by atoms with Crippen LogP contribution in [0.1, 0.15) is 17.6 Å². The number of tetrazole rings is 1. The summed E-state index contributed by atoms with van der Waals surface area (Å²) in [6, 6.07) is 5.70. The van der Waals surface area contributed by atoms with Gasteiger partial charge in [0.2, 0.25) is 0 Å². The van der Waals surface area contributed by atoms with E-state index in [1.165, 1.54) is 4.80 Å². The van der Waals surface area contributed by atoms with E-state index in [9.17, 15) is 5.11 Å². The normalized spacial score (nSPS) is 13.0. The van der Waals surface area contributed by atoms with Crippen molar-refractivity contribution in [3.8, 4) is 0 Å². The van der Waals surface area contributed by atoms with Gasteiger partial charge in [-0.05, 0) is 17.3 Å². The van der Waals surface area contributed by atoms with E-state index in [-0.39, 0.29) is 0 Å². The van der Waals surface area contributed by atoms with Gasteiger partial charge in [0.05, 0.1) is 12.7 Å². The minimum atomic E-state index is -0.728. The molecule has 0 saturated carbocycles. The van der Waals surface area contributed by atoms with Gasteiger partial charge < -0.3 is 9.51 Å². The maximum Gasteiger partial charge on any atom is 0.177 e. The van der Waals surface area contributed by atoms with Crippen LogP contribution >= 0.6 is 0 Å². The third-order valence-corrected chi connectivity index (χ3v) is 2.65. The number of nitrogens with zero attached hydrogens (tertiary/aromatic N) is 6. The molecular weight excluding hydrogens is 232 g/mol. The number of imidazole rings is 1. The molecule has 0 aliphatic rings. The molecule has 0 bridgehead atoms. The first-order chi connectivity index (χ1) is 8.72. The number of rotatable bonds is 3. The molecule has 0 aliphatic carbocycles. The molecule has 7 heteroatoms. The van der Waals surface area contributed by atoms with E-state index in [0.717, 1.165) is 5.65 Å². The van der Waals surface area contributed by atoms with Crippen molar-refractivity contribution in [2.45, 2.75) is 12.5 Å². The molecule has 0 aromatic carbocycles. The van der Waals surface area contributed by atoms with Gasteiger partial charge in [0.1, 0.15) is 11.8 Å². The zero-order chi connectivity index (χ0) is 12.5. The number of pyridine rings is 1. The molecule has 0 spiro atoms. The van der Waals surface area contributed by atoms with Crippen molar-refractivity contribution < 1.29 is 5.11 Å². The van der Waals surface area contributed by atoms with Gasteiger partial charge in [0.15, 0.2) is 5.82 Å². The molecule has 3 aromatic heterocycles. The quantitative estimate of drug-likeness (QED) is 0.708. The van der Waals surface area contributed by atoms with Gasteiger partial charge in [-0.3, -0.25) is 0 Å². The molecule has 1 N–H and O–H groups in total. The zero-order valence-electron chi connectivity index (χ0n) is 9.80. The van der Waals surface area contributed by atoms with Crippen LogP contribution < -0.4 is 0 Å². The van der Waals surface area contributed by atoms with Gasteiger partial charge >= 0.3 is 0 Å². The fourth-order valence-electron chi connectivity index (χ4n) is 1.80. The van der Waals surface area contributed by atoms with Crippen LogP contribution in [0.15, 0.2) is 30.6 Å². The lowest BCUT2D eigenvalue weighted by Crippen LogP contribution is -2.04. The minimum Gasteiger partial charge on any atom is -0.386 e. The molecule has 3 heterocycles. The maximum atomic E-state index is 10.1. The number of aryl methyl sites for hydroxylation is 1. The van der Waals surface area contributed by atoms with Crippen LogP contribution in [0.2, 0.25) is 0 Å². The van der Waals surface area contributed by atoms with Gasteiger partial charge in [-0.2, -0.15) is 4.80 Å². The molecule has 0 aliphatic heterocycles. The van der Waals surface area contributed by atoms with E-state index < -0.39 is 6.10 Å². The summed E-state index contributed by atoms with van der Waals surface area (Å²) in [6.45, 7) is 0. The van der Waals surface area contributed by atoms with Crippen LogP contribution in [-0.2, 0) is 13.5 Å². The highest BCUT2D eigenvalue weighted by molar-refractivity contribution is 5.39. The lowest BCUT2D eigenvalue weighted by molar-refractivity contribution is 0.171. The molecule has 0 saturated heterocycles. The highest BCUT2D eigenvalue weighted by atomic mass is 16.3. The van der Waals surface area contributed by atoms with Crippen LogP contribution in [0.3, 0.4) is 0 Å². The number of aliphatic hydroxyl groups excluding tert-OH is 1. The Bertz CT molecular complexity index is 640. The molecule has 3 rings (SSSR count).